The Bertz CT molecular complexity index is 1350. The summed E-state index contributed by atoms with van der Waals surface area (Å²) in [6.45, 7) is 3.64. The molecule has 0 aromatic heterocycles. The molecule has 9 nitrogen and oxygen atoms in total. The number of aliphatic hydroxyl groups is 4. The fraction of sp³-hybridized carbons (Fsp3) is 0.750. The number of alkyl halides is 3. The van der Waals surface area contributed by atoms with E-state index in [1.54, 1.807) is 0 Å². The Kier molecular flexibility index (Phi) is 6.44. The number of Topliss-reactive ketones (excluding diaryl/α,β-unsaturated/α-hetero) is 1. The lowest BCUT2D eigenvalue weighted by Gasteiger charge is -2.74. The molecule has 4 bridgehead atoms. The molecule has 0 radical (unpaired) electrons. The van der Waals surface area contributed by atoms with Gasteiger partial charge < -0.3 is 25.2 Å². The number of carbonyl (C=O) groups excluding carboxylic acids is 1. The van der Waals surface area contributed by atoms with Gasteiger partial charge in [0.05, 0.1) is 29.3 Å². The van der Waals surface area contributed by atoms with E-state index in [0.717, 1.165) is 12.1 Å². The van der Waals surface area contributed by atoms with E-state index in [2.05, 4.69) is 4.72 Å². The van der Waals surface area contributed by atoms with Crippen LogP contribution in [0, 0.1) is 39.9 Å². The van der Waals surface area contributed by atoms with Gasteiger partial charge in [0.1, 0.15) is 11.5 Å². The van der Waals surface area contributed by atoms with E-state index >= 15 is 0 Å². The standard InChI is InChI=1S/C28H36F3NO8S/c1-24(2)11-9-19(33)25-13-40-27(37,23(36)20(24)25)26-18(25)8-7-16(21(26)34)17(22(26)35)10-12-32-41(38,39)15-5-3-14(4-6-15)28(29,30)31/h3-6,16-21,23,32-34,36-37H,7-13H2,1-2H3/t16-,17-,18-,19-,20+,21+,23-,25+,26+,27+/m0/s1. The Labute approximate surface area is 236 Å². The first-order chi connectivity index (χ1) is 19.0. The normalized spacial score (nSPS) is 44.9. The second kappa shape index (κ2) is 8.96. The molecule has 0 amide bonds. The van der Waals surface area contributed by atoms with Crippen LogP contribution in [0.3, 0.4) is 0 Å². The number of ether oxygens (including phenoxy) is 1. The molecule has 4 saturated carbocycles. The van der Waals surface area contributed by atoms with E-state index in [-0.39, 0.29) is 24.5 Å². The van der Waals surface area contributed by atoms with E-state index in [1.807, 2.05) is 13.8 Å². The predicted octanol–water partition coefficient (Wildman–Crippen LogP) is 1.82. The van der Waals surface area contributed by atoms with Crippen LogP contribution in [0.4, 0.5) is 13.2 Å². The lowest BCUT2D eigenvalue weighted by atomic mass is 9.35. The molecule has 41 heavy (non-hydrogen) atoms. The number of benzene rings is 1. The Hall–Kier alpha value is -1.61. The number of rotatable bonds is 5. The first kappa shape index (κ1) is 29.5. The molecule has 13 heteroatoms. The average Bonchev–Trinajstić information content (AvgIpc) is 3.00. The summed E-state index contributed by atoms with van der Waals surface area (Å²) in [6, 6.07) is 3.05. The van der Waals surface area contributed by atoms with Crippen molar-refractivity contribution < 1.29 is 51.5 Å². The molecule has 4 aliphatic carbocycles. The highest BCUT2D eigenvalue weighted by molar-refractivity contribution is 7.89. The summed E-state index contributed by atoms with van der Waals surface area (Å²) in [5.74, 6) is -5.60. The van der Waals surface area contributed by atoms with Crippen LogP contribution in [0.5, 0.6) is 0 Å². The number of hydrogen-bond donors (Lipinski definition) is 5. The Morgan fingerprint density at radius 1 is 1.05 bits per heavy atom. The first-order valence-electron chi connectivity index (χ1n) is 14.1. The fourth-order valence-corrected chi connectivity index (χ4v) is 10.7. The minimum atomic E-state index is -4.61. The molecule has 10 atom stereocenters. The molecule has 2 heterocycles. The van der Waals surface area contributed by atoms with Crippen molar-refractivity contribution in [1.82, 2.24) is 4.72 Å². The zero-order valence-corrected chi connectivity index (χ0v) is 23.6. The van der Waals surface area contributed by atoms with E-state index in [9.17, 15) is 46.8 Å². The minimum Gasteiger partial charge on any atom is -0.392 e. The van der Waals surface area contributed by atoms with Gasteiger partial charge in [0.15, 0.2) is 5.78 Å². The third kappa shape index (κ3) is 3.63. The zero-order valence-electron chi connectivity index (χ0n) is 22.8. The van der Waals surface area contributed by atoms with Gasteiger partial charge in [0.25, 0.3) is 0 Å². The van der Waals surface area contributed by atoms with Crippen LogP contribution in [0.25, 0.3) is 0 Å². The van der Waals surface area contributed by atoms with Crippen molar-refractivity contribution in [2.24, 2.45) is 39.9 Å². The maximum Gasteiger partial charge on any atom is 0.416 e. The monoisotopic (exact) mass is 603 g/mol. The topological polar surface area (TPSA) is 153 Å². The Balaban J connectivity index is 1.28. The number of sulfonamides is 1. The Morgan fingerprint density at radius 2 is 1.71 bits per heavy atom. The number of halogens is 3. The van der Waals surface area contributed by atoms with E-state index in [1.165, 1.54) is 0 Å². The molecule has 1 aromatic carbocycles. The van der Waals surface area contributed by atoms with Gasteiger partial charge in [-0.3, -0.25) is 4.79 Å². The highest BCUT2D eigenvalue weighted by atomic mass is 32.2. The van der Waals surface area contributed by atoms with Crippen molar-refractivity contribution in [2.75, 3.05) is 13.2 Å². The van der Waals surface area contributed by atoms with Crippen molar-refractivity contribution >= 4 is 15.8 Å². The summed E-state index contributed by atoms with van der Waals surface area (Å²) in [6.07, 6.45) is -6.61. The number of carbonyl (C=O) groups is 1. The maximum atomic E-state index is 14.3. The van der Waals surface area contributed by atoms with E-state index < -0.39 is 91.6 Å². The molecule has 1 aromatic rings. The predicted molar refractivity (Wildman–Crippen MR) is 136 cm³/mol. The second-order valence-corrected chi connectivity index (χ2v) is 15.1. The number of hydrogen-bond acceptors (Lipinski definition) is 8. The van der Waals surface area contributed by atoms with Crippen LogP contribution >= 0.6 is 0 Å². The van der Waals surface area contributed by atoms with Gasteiger partial charge in [-0.15, -0.1) is 0 Å². The van der Waals surface area contributed by atoms with Gasteiger partial charge in [0.2, 0.25) is 15.8 Å². The van der Waals surface area contributed by atoms with Crippen molar-refractivity contribution in [3.8, 4) is 0 Å². The largest absolute Gasteiger partial charge is 0.416 e. The van der Waals surface area contributed by atoms with Gasteiger partial charge >= 0.3 is 6.18 Å². The van der Waals surface area contributed by atoms with Gasteiger partial charge in [0, 0.05) is 23.8 Å². The quantitative estimate of drug-likeness (QED) is 0.342. The third-order valence-electron chi connectivity index (χ3n) is 11.3. The number of aliphatic hydroxyl groups excluding tert-OH is 3. The van der Waals surface area contributed by atoms with E-state index in [0.29, 0.717) is 37.8 Å². The summed E-state index contributed by atoms with van der Waals surface area (Å²) in [7, 11) is -4.20. The fourth-order valence-electron chi connectivity index (χ4n) is 9.69. The van der Waals surface area contributed by atoms with E-state index in [4.69, 9.17) is 4.74 Å². The molecular weight excluding hydrogens is 567 g/mol. The number of nitrogens with one attached hydrogen (secondary N) is 1. The second-order valence-electron chi connectivity index (χ2n) is 13.4. The van der Waals surface area contributed by atoms with Gasteiger partial charge in [-0.1, -0.05) is 13.8 Å². The Morgan fingerprint density at radius 3 is 2.34 bits per heavy atom. The summed E-state index contributed by atoms with van der Waals surface area (Å²) in [5.41, 5.74) is -4.39. The molecule has 0 unspecified atom stereocenters. The van der Waals surface area contributed by atoms with Gasteiger partial charge in [-0.25, -0.2) is 13.1 Å². The number of ketones is 1. The summed E-state index contributed by atoms with van der Waals surface area (Å²) >= 11 is 0. The molecule has 2 spiro atoms. The van der Waals surface area contributed by atoms with Crippen molar-refractivity contribution in [3.05, 3.63) is 29.8 Å². The highest BCUT2D eigenvalue weighted by Gasteiger charge is 2.87. The van der Waals surface area contributed by atoms with Crippen molar-refractivity contribution in [2.45, 2.75) is 81.1 Å². The zero-order chi connectivity index (χ0) is 30.0. The SMILES string of the molecule is CC1(C)CC[C@H](O)[C@]23CO[C@](O)([C@@H](O)[C@H]12)[C@]12C(=O)[C@@H](CCNS(=O)(=O)c4ccc(C(F)(F)F)cc4)[C@H](CC[C@@H]31)[C@H]2O. The average molecular weight is 604 g/mol. The first-order valence-corrected chi connectivity index (χ1v) is 15.6. The van der Waals surface area contributed by atoms with Crippen LogP contribution in [-0.2, 0) is 25.7 Å². The maximum absolute atomic E-state index is 14.3. The highest BCUT2D eigenvalue weighted by Crippen LogP contribution is 2.76. The lowest BCUT2D eigenvalue weighted by Crippen LogP contribution is -2.85. The van der Waals surface area contributed by atoms with Crippen LogP contribution in [-0.4, -0.2) is 71.9 Å². The minimum absolute atomic E-state index is 0.0362. The summed E-state index contributed by atoms with van der Waals surface area (Å²) in [5, 5.41) is 46.8. The molecule has 6 fully saturated rings. The van der Waals surface area contributed by atoms with Crippen molar-refractivity contribution in [1.29, 1.82) is 0 Å². The smallest absolute Gasteiger partial charge is 0.392 e. The lowest BCUT2D eigenvalue weighted by molar-refractivity contribution is -0.458. The van der Waals surface area contributed by atoms with Crippen LogP contribution < -0.4 is 4.72 Å². The molecule has 6 aliphatic rings. The van der Waals surface area contributed by atoms with Crippen molar-refractivity contribution in [3.63, 3.8) is 0 Å². The van der Waals surface area contributed by atoms with Crippen LogP contribution in [0.1, 0.15) is 51.5 Å². The van der Waals surface area contributed by atoms with Gasteiger partial charge in [-0.05, 0) is 73.6 Å². The van der Waals surface area contributed by atoms with Crippen LogP contribution in [0.2, 0.25) is 0 Å². The molecule has 2 saturated heterocycles. The molecule has 7 rings (SSSR count). The number of fused-ring (bicyclic) bond motifs is 2. The summed E-state index contributed by atoms with van der Waals surface area (Å²) < 4.78 is 72.4. The third-order valence-corrected chi connectivity index (χ3v) is 12.8. The van der Waals surface area contributed by atoms with Gasteiger partial charge in [-0.2, -0.15) is 13.2 Å². The van der Waals surface area contributed by atoms with Crippen LogP contribution in [0.15, 0.2) is 29.2 Å². The summed E-state index contributed by atoms with van der Waals surface area (Å²) in [4.78, 5) is 13.9. The molecule has 2 aliphatic heterocycles. The molecule has 228 valence electrons. The molecule has 5 N–H and O–H groups in total. The molecular formula is C28H36F3NO8S.